The molecule has 0 radical (unpaired) electrons. The molecule has 4 heterocycles. The number of benzene rings is 8. The number of nitrogens with zero attached hydrogens (tertiary/aromatic N) is 5. The van der Waals surface area contributed by atoms with Gasteiger partial charge in [0.05, 0.1) is 50.6 Å². The first-order chi connectivity index (χ1) is 30.0. The van der Waals surface area contributed by atoms with Gasteiger partial charge >= 0.3 is 0 Å². The van der Waals surface area contributed by atoms with Gasteiger partial charge in [0.25, 0.3) is 0 Å². The molecule has 2 aliphatic heterocycles. The number of fused-ring (bicyclic) bond motifs is 14. The van der Waals surface area contributed by atoms with Gasteiger partial charge in [-0.25, -0.2) is 0 Å². The van der Waals surface area contributed by atoms with E-state index in [1.807, 2.05) is 12.4 Å². The number of anilines is 6. The summed E-state index contributed by atoms with van der Waals surface area (Å²) in [5, 5.41) is 2.47. The highest BCUT2D eigenvalue weighted by atomic mass is 15.2. The van der Waals surface area contributed by atoms with E-state index in [1.165, 1.54) is 49.9 Å². The van der Waals surface area contributed by atoms with Gasteiger partial charge in [-0.2, -0.15) is 0 Å². The van der Waals surface area contributed by atoms with Crippen LogP contribution in [0.5, 0.6) is 0 Å². The molecule has 0 saturated carbocycles. The van der Waals surface area contributed by atoms with E-state index in [1.54, 1.807) is 0 Å². The van der Waals surface area contributed by atoms with Gasteiger partial charge < -0.3 is 14.4 Å². The Morgan fingerprint density at radius 2 is 0.885 bits per heavy atom. The molecule has 10 aromatic rings. The van der Waals surface area contributed by atoms with Gasteiger partial charge in [-0.1, -0.05) is 129 Å². The summed E-state index contributed by atoms with van der Waals surface area (Å²) in [5.41, 5.74) is 18.3. The van der Waals surface area contributed by atoms with Crippen molar-refractivity contribution in [1.82, 2.24) is 14.5 Å². The molecule has 1 unspecified atom stereocenters. The normalized spacial score (nSPS) is 16.5. The SMILES string of the molecule is CC1(C)c2ccccc2N(c2ccc3c(c2)C2(c4ccccc4-c4nccnc42)c2cc(-n4c5ccccc5c5ccccc54)ccc2N3c2ccccc2)c2ccccc21. The molecule has 1 aliphatic carbocycles. The first-order valence-corrected chi connectivity index (χ1v) is 21.1. The Kier molecular flexibility index (Phi) is 6.93. The number of rotatable bonds is 3. The van der Waals surface area contributed by atoms with Gasteiger partial charge in [0.1, 0.15) is 0 Å². The fourth-order valence-electron chi connectivity index (χ4n) is 11.1. The maximum atomic E-state index is 5.37. The Morgan fingerprint density at radius 3 is 1.56 bits per heavy atom. The molecule has 1 spiro atoms. The van der Waals surface area contributed by atoms with Gasteiger partial charge in [0.2, 0.25) is 0 Å². The highest BCUT2D eigenvalue weighted by Gasteiger charge is 2.54. The number of aromatic nitrogens is 3. The molecular weight excluding hydrogens is 743 g/mol. The molecule has 3 aliphatic rings. The maximum absolute atomic E-state index is 5.37. The molecule has 0 saturated heterocycles. The van der Waals surface area contributed by atoms with Crippen LogP contribution in [0, 0.1) is 0 Å². The minimum Gasteiger partial charge on any atom is -0.310 e. The first kappa shape index (κ1) is 34.1. The largest absolute Gasteiger partial charge is 0.310 e. The third-order valence-corrected chi connectivity index (χ3v) is 13.6. The van der Waals surface area contributed by atoms with Crippen LogP contribution in [0.15, 0.2) is 200 Å². The van der Waals surface area contributed by atoms with E-state index in [9.17, 15) is 0 Å². The van der Waals surface area contributed by atoms with Crippen LogP contribution >= 0.6 is 0 Å². The van der Waals surface area contributed by atoms with Crippen molar-refractivity contribution in [3.63, 3.8) is 0 Å². The summed E-state index contributed by atoms with van der Waals surface area (Å²) in [4.78, 5) is 15.4. The average Bonchev–Trinajstić information content (AvgIpc) is 3.81. The van der Waals surface area contributed by atoms with Gasteiger partial charge in [-0.15, -0.1) is 0 Å². The number of hydrogen-bond donors (Lipinski definition) is 0. The molecule has 13 rings (SSSR count). The van der Waals surface area contributed by atoms with Crippen LogP contribution in [-0.2, 0) is 10.8 Å². The predicted octanol–water partition coefficient (Wildman–Crippen LogP) is 13.8. The van der Waals surface area contributed by atoms with Crippen LogP contribution in [0.3, 0.4) is 0 Å². The summed E-state index contributed by atoms with van der Waals surface area (Å²) >= 11 is 0. The summed E-state index contributed by atoms with van der Waals surface area (Å²) in [6.45, 7) is 4.69. The zero-order valence-electron chi connectivity index (χ0n) is 33.8. The van der Waals surface area contributed by atoms with Gasteiger partial charge in [-0.3, -0.25) is 9.97 Å². The zero-order valence-corrected chi connectivity index (χ0v) is 33.8. The Morgan fingerprint density at radius 1 is 0.393 bits per heavy atom. The molecule has 0 bridgehead atoms. The second-order valence-corrected chi connectivity index (χ2v) is 17.0. The van der Waals surface area contributed by atoms with Crippen LogP contribution in [0.25, 0.3) is 38.8 Å². The Labute approximate surface area is 354 Å². The van der Waals surface area contributed by atoms with Gasteiger partial charge in [0, 0.05) is 51.2 Å². The van der Waals surface area contributed by atoms with Crippen molar-refractivity contribution in [3.05, 3.63) is 234 Å². The van der Waals surface area contributed by atoms with Crippen LogP contribution in [0.2, 0.25) is 0 Å². The molecule has 2 aromatic heterocycles. The molecule has 288 valence electrons. The molecule has 0 amide bonds. The van der Waals surface area contributed by atoms with E-state index in [0.29, 0.717) is 0 Å². The van der Waals surface area contributed by atoms with E-state index >= 15 is 0 Å². The van der Waals surface area contributed by atoms with E-state index < -0.39 is 5.41 Å². The van der Waals surface area contributed by atoms with Crippen molar-refractivity contribution in [3.8, 4) is 16.9 Å². The lowest BCUT2D eigenvalue weighted by atomic mass is 9.66. The topological polar surface area (TPSA) is 37.2 Å². The van der Waals surface area contributed by atoms with E-state index in [-0.39, 0.29) is 5.41 Å². The predicted molar refractivity (Wildman–Crippen MR) is 249 cm³/mol. The Hall–Kier alpha value is -7.76. The summed E-state index contributed by atoms with van der Waals surface area (Å²) in [6, 6.07) is 69.1. The van der Waals surface area contributed by atoms with Crippen LogP contribution in [-0.4, -0.2) is 14.5 Å². The van der Waals surface area contributed by atoms with Crippen LogP contribution in [0.1, 0.15) is 47.4 Å². The Balaban J connectivity index is 1.17. The maximum Gasteiger partial charge on any atom is 0.0944 e. The fourth-order valence-corrected chi connectivity index (χ4v) is 11.1. The van der Waals surface area contributed by atoms with Crippen molar-refractivity contribution >= 4 is 55.9 Å². The van der Waals surface area contributed by atoms with Crippen molar-refractivity contribution in [2.45, 2.75) is 24.7 Å². The average molecular weight is 782 g/mol. The molecule has 61 heavy (non-hydrogen) atoms. The van der Waals surface area contributed by atoms with Gasteiger partial charge in [0.15, 0.2) is 0 Å². The molecule has 8 aromatic carbocycles. The smallest absolute Gasteiger partial charge is 0.0944 e. The molecule has 5 heteroatoms. The molecule has 0 fully saturated rings. The van der Waals surface area contributed by atoms with Crippen molar-refractivity contribution in [2.75, 3.05) is 9.80 Å². The summed E-state index contributed by atoms with van der Waals surface area (Å²) in [6.07, 6.45) is 3.71. The highest BCUT2D eigenvalue weighted by Crippen LogP contribution is 2.64. The first-order valence-electron chi connectivity index (χ1n) is 21.1. The standard InChI is InChI=1S/C56H39N5/c1-55(2)43-22-10-14-26-49(43)61(50-27-15-11-23-44(50)55)38-29-31-52-46(35-38)56(42-21-9-6-20-41(42)53-54(56)58-33-32-57-53)45-34-37(28-30-51(45)59(52)36-16-4-3-5-17-36)60-47-24-12-7-18-39(47)40-19-8-13-25-48(40)60/h3-35H,1-2H3. The molecule has 1 atom stereocenters. The second kappa shape index (κ2) is 12.4. The molecule has 0 N–H and O–H groups in total. The zero-order chi connectivity index (χ0) is 40.5. The van der Waals surface area contributed by atoms with Crippen molar-refractivity contribution < 1.29 is 0 Å². The lowest BCUT2D eigenvalue weighted by molar-refractivity contribution is 0.632. The van der Waals surface area contributed by atoms with E-state index in [2.05, 4.69) is 216 Å². The lowest BCUT2D eigenvalue weighted by Crippen LogP contribution is -2.37. The van der Waals surface area contributed by atoms with Crippen molar-refractivity contribution in [1.29, 1.82) is 0 Å². The highest BCUT2D eigenvalue weighted by molar-refractivity contribution is 6.09. The fraction of sp³-hybridized carbons (Fsp3) is 0.0714. The summed E-state index contributed by atoms with van der Waals surface area (Å²) < 4.78 is 2.43. The van der Waals surface area contributed by atoms with E-state index in [4.69, 9.17) is 9.97 Å². The second-order valence-electron chi connectivity index (χ2n) is 17.0. The van der Waals surface area contributed by atoms with Crippen LogP contribution < -0.4 is 9.80 Å². The number of hydrogen-bond acceptors (Lipinski definition) is 4. The molecule has 5 nitrogen and oxygen atoms in total. The van der Waals surface area contributed by atoms with Crippen molar-refractivity contribution in [2.24, 2.45) is 0 Å². The monoisotopic (exact) mass is 781 g/mol. The lowest BCUT2D eigenvalue weighted by Gasteiger charge is -2.46. The minimum atomic E-state index is -0.811. The van der Waals surface area contributed by atoms with Gasteiger partial charge in [-0.05, 0) is 101 Å². The minimum absolute atomic E-state index is 0.176. The summed E-state index contributed by atoms with van der Waals surface area (Å²) in [7, 11) is 0. The summed E-state index contributed by atoms with van der Waals surface area (Å²) in [5.74, 6) is 0. The Bertz CT molecular complexity index is 3290. The third-order valence-electron chi connectivity index (χ3n) is 13.6. The quantitative estimate of drug-likeness (QED) is 0.179. The molecular formula is C56H39N5. The van der Waals surface area contributed by atoms with E-state index in [0.717, 1.165) is 56.5 Å². The third kappa shape index (κ3) is 4.44. The van der Waals surface area contributed by atoms with Crippen LogP contribution in [0.4, 0.5) is 34.1 Å². The number of para-hydroxylation sites is 5.